The molecule has 0 spiro atoms. The van der Waals surface area contributed by atoms with Gasteiger partial charge in [-0.3, -0.25) is 0 Å². The van der Waals surface area contributed by atoms with Crippen molar-refractivity contribution in [3.8, 4) is 11.5 Å². The van der Waals surface area contributed by atoms with E-state index in [0.29, 0.717) is 17.6 Å². The number of hydrogen-bond donors (Lipinski definition) is 1. The summed E-state index contributed by atoms with van der Waals surface area (Å²) in [7, 11) is 1.72. The number of methoxy groups -OCH3 is 1. The van der Waals surface area contributed by atoms with Crippen LogP contribution in [0.5, 0.6) is 11.5 Å². The Labute approximate surface area is 147 Å². The molecule has 0 radical (unpaired) electrons. The van der Waals surface area contributed by atoms with Crippen LogP contribution in [-0.4, -0.2) is 12.2 Å². The molecule has 1 aromatic rings. The van der Waals surface area contributed by atoms with E-state index >= 15 is 0 Å². The van der Waals surface area contributed by atoms with Crippen LogP contribution in [0.2, 0.25) is 0 Å². The van der Waals surface area contributed by atoms with Gasteiger partial charge in [0.1, 0.15) is 11.5 Å². The van der Waals surface area contributed by atoms with E-state index < -0.39 is 0 Å². The maximum Gasteiger partial charge on any atom is 0.126 e. The number of unbranched alkanes of at least 4 members (excludes halogenated alkanes) is 2. The summed E-state index contributed by atoms with van der Waals surface area (Å²) >= 11 is 0. The first-order chi connectivity index (χ1) is 11.5. The van der Waals surface area contributed by atoms with Crippen LogP contribution in [-0.2, 0) is 6.42 Å². The second-order valence-corrected chi connectivity index (χ2v) is 7.67. The van der Waals surface area contributed by atoms with E-state index in [-0.39, 0.29) is 5.92 Å². The Morgan fingerprint density at radius 2 is 2.00 bits per heavy atom. The van der Waals surface area contributed by atoms with Crippen LogP contribution in [0, 0.1) is 11.8 Å². The number of aryl methyl sites for hydroxylation is 1. The zero-order valence-corrected chi connectivity index (χ0v) is 16.1. The van der Waals surface area contributed by atoms with Crippen molar-refractivity contribution in [1.29, 1.82) is 0 Å². The van der Waals surface area contributed by atoms with Crippen LogP contribution in [0.4, 0.5) is 0 Å². The molecule has 0 aromatic heterocycles. The van der Waals surface area contributed by atoms with Crippen LogP contribution in [0.15, 0.2) is 23.8 Å². The molecular weight excluding hydrogens is 296 g/mol. The summed E-state index contributed by atoms with van der Waals surface area (Å²) in [6.45, 7) is 8.99. The monoisotopic (exact) mass is 330 g/mol. The first kappa shape index (κ1) is 18.9. The van der Waals surface area contributed by atoms with Crippen molar-refractivity contribution in [3.05, 3.63) is 34.9 Å². The molecule has 1 aliphatic carbocycles. The highest BCUT2D eigenvalue weighted by Crippen LogP contribution is 2.47. The van der Waals surface area contributed by atoms with Gasteiger partial charge in [0.05, 0.1) is 7.11 Å². The Morgan fingerprint density at radius 1 is 1.25 bits per heavy atom. The lowest BCUT2D eigenvalue weighted by Crippen LogP contribution is -2.21. The summed E-state index contributed by atoms with van der Waals surface area (Å²) in [5, 5.41) is 10.8. The minimum Gasteiger partial charge on any atom is -0.507 e. The fourth-order valence-corrected chi connectivity index (χ4v) is 4.03. The third kappa shape index (κ3) is 4.34. The molecule has 0 bridgehead atoms. The number of ether oxygens (including phenoxy) is 1. The maximum atomic E-state index is 10.8. The van der Waals surface area contributed by atoms with Crippen molar-refractivity contribution in [1.82, 2.24) is 0 Å². The summed E-state index contributed by atoms with van der Waals surface area (Å²) in [5.41, 5.74) is 3.58. The zero-order valence-electron chi connectivity index (χ0n) is 16.1. The number of phenols is 1. The second kappa shape index (κ2) is 8.60. The highest BCUT2D eigenvalue weighted by molar-refractivity contribution is 5.52. The molecule has 0 amide bonds. The highest BCUT2D eigenvalue weighted by atomic mass is 16.5. The predicted molar refractivity (Wildman–Crippen MR) is 102 cm³/mol. The van der Waals surface area contributed by atoms with Gasteiger partial charge in [0.25, 0.3) is 0 Å². The van der Waals surface area contributed by atoms with E-state index in [0.717, 1.165) is 30.6 Å². The third-order valence-corrected chi connectivity index (χ3v) is 5.46. The van der Waals surface area contributed by atoms with E-state index in [1.807, 2.05) is 6.07 Å². The van der Waals surface area contributed by atoms with Gasteiger partial charge in [0, 0.05) is 11.5 Å². The maximum absolute atomic E-state index is 10.8. The largest absolute Gasteiger partial charge is 0.507 e. The Bertz CT molecular complexity index is 572. The summed E-state index contributed by atoms with van der Waals surface area (Å²) in [6, 6.07) is 4.10. The molecule has 0 fully saturated rings. The predicted octanol–water partition coefficient (Wildman–Crippen LogP) is 6.23. The molecule has 1 aliphatic rings. The fraction of sp³-hybridized carbons (Fsp3) is 0.636. The van der Waals surface area contributed by atoms with E-state index in [2.05, 4.69) is 39.8 Å². The van der Waals surface area contributed by atoms with E-state index in [1.165, 1.54) is 30.4 Å². The van der Waals surface area contributed by atoms with Gasteiger partial charge in [0.2, 0.25) is 0 Å². The van der Waals surface area contributed by atoms with Gasteiger partial charge in [0.15, 0.2) is 0 Å². The second-order valence-electron chi connectivity index (χ2n) is 7.67. The van der Waals surface area contributed by atoms with Gasteiger partial charge >= 0.3 is 0 Å². The Morgan fingerprint density at radius 3 is 2.62 bits per heavy atom. The SMILES string of the molecule is CCCCCc1cc(O)c([C@@H]2C=C(C)CC[C@H]2C(C)C)c(OC)c1. The van der Waals surface area contributed by atoms with Crippen molar-refractivity contribution < 1.29 is 9.84 Å². The Kier molecular flexibility index (Phi) is 6.77. The molecule has 0 saturated carbocycles. The molecule has 1 aromatic carbocycles. The van der Waals surface area contributed by atoms with Gasteiger partial charge in [-0.1, -0.05) is 45.3 Å². The molecule has 1 N–H and O–H groups in total. The van der Waals surface area contributed by atoms with Gasteiger partial charge in [-0.2, -0.15) is 0 Å². The minimum atomic E-state index is 0.249. The van der Waals surface area contributed by atoms with Crippen LogP contribution >= 0.6 is 0 Å². The first-order valence-corrected chi connectivity index (χ1v) is 9.55. The molecule has 0 heterocycles. The van der Waals surface area contributed by atoms with Crippen molar-refractivity contribution in [2.75, 3.05) is 7.11 Å². The lowest BCUT2D eigenvalue weighted by molar-refractivity contribution is 0.301. The normalized spacial score (nSPS) is 21.0. The molecule has 0 saturated heterocycles. The summed E-state index contributed by atoms with van der Waals surface area (Å²) < 4.78 is 5.70. The number of hydrogen-bond acceptors (Lipinski definition) is 2. The van der Waals surface area contributed by atoms with Crippen molar-refractivity contribution >= 4 is 0 Å². The van der Waals surface area contributed by atoms with Crippen molar-refractivity contribution in [3.63, 3.8) is 0 Å². The number of rotatable bonds is 7. The van der Waals surface area contributed by atoms with E-state index in [4.69, 9.17) is 4.74 Å². The van der Waals surface area contributed by atoms with Crippen LogP contribution in [0.25, 0.3) is 0 Å². The third-order valence-electron chi connectivity index (χ3n) is 5.46. The van der Waals surface area contributed by atoms with Gasteiger partial charge in [-0.15, -0.1) is 0 Å². The molecule has 2 nitrogen and oxygen atoms in total. The summed E-state index contributed by atoms with van der Waals surface area (Å²) in [6.07, 6.45) is 9.31. The molecule has 134 valence electrons. The van der Waals surface area contributed by atoms with Crippen molar-refractivity contribution in [2.24, 2.45) is 11.8 Å². The van der Waals surface area contributed by atoms with Crippen LogP contribution in [0.1, 0.15) is 76.8 Å². The van der Waals surface area contributed by atoms with Crippen molar-refractivity contribution in [2.45, 2.75) is 72.1 Å². The number of allylic oxidation sites excluding steroid dienone is 2. The van der Waals surface area contributed by atoms with E-state index in [9.17, 15) is 5.11 Å². The lowest BCUT2D eigenvalue weighted by atomic mass is 9.71. The molecule has 2 heteroatoms. The van der Waals surface area contributed by atoms with Gasteiger partial charge < -0.3 is 9.84 Å². The van der Waals surface area contributed by atoms with Gasteiger partial charge in [-0.05, 0) is 62.1 Å². The fourth-order valence-electron chi connectivity index (χ4n) is 4.03. The smallest absolute Gasteiger partial charge is 0.126 e. The lowest BCUT2D eigenvalue weighted by Gasteiger charge is -2.34. The highest BCUT2D eigenvalue weighted by Gasteiger charge is 2.31. The summed E-state index contributed by atoms with van der Waals surface area (Å²) in [5.74, 6) is 2.65. The molecule has 0 aliphatic heterocycles. The molecule has 0 unspecified atom stereocenters. The molecule has 24 heavy (non-hydrogen) atoms. The molecular formula is C22H34O2. The first-order valence-electron chi connectivity index (χ1n) is 9.55. The number of phenolic OH excluding ortho intramolecular Hbond substituents is 1. The number of benzene rings is 1. The quantitative estimate of drug-likeness (QED) is 0.474. The Balaban J connectivity index is 2.38. The van der Waals surface area contributed by atoms with Crippen LogP contribution < -0.4 is 4.74 Å². The average molecular weight is 331 g/mol. The molecule has 2 atom stereocenters. The minimum absolute atomic E-state index is 0.249. The topological polar surface area (TPSA) is 29.5 Å². The van der Waals surface area contributed by atoms with E-state index in [1.54, 1.807) is 7.11 Å². The zero-order chi connectivity index (χ0) is 17.7. The molecule has 2 rings (SSSR count). The summed E-state index contributed by atoms with van der Waals surface area (Å²) in [4.78, 5) is 0. The van der Waals surface area contributed by atoms with Crippen LogP contribution in [0.3, 0.4) is 0 Å². The number of aromatic hydroxyl groups is 1. The van der Waals surface area contributed by atoms with Gasteiger partial charge in [-0.25, -0.2) is 0 Å². The Hall–Kier alpha value is -1.44. The average Bonchev–Trinajstić information content (AvgIpc) is 2.54. The standard InChI is InChI=1S/C22H34O2/c1-6-7-8-9-17-13-20(23)22(21(14-17)24-5)19-12-16(4)10-11-18(19)15(2)3/h12-15,18-19,23H,6-11H2,1-5H3/t18-,19+/m0/s1.